The van der Waals surface area contributed by atoms with E-state index in [0.29, 0.717) is 17.7 Å². The predicted octanol–water partition coefficient (Wildman–Crippen LogP) is 2.98. The van der Waals surface area contributed by atoms with Gasteiger partial charge in [-0.2, -0.15) is 0 Å². The molecule has 23 heavy (non-hydrogen) atoms. The third kappa shape index (κ3) is 2.42. The molecule has 0 saturated carbocycles. The number of fused-ring (bicyclic) bond motifs is 2. The van der Waals surface area contributed by atoms with Gasteiger partial charge < -0.3 is 10.6 Å². The van der Waals surface area contributed by atoms with E-state index in [0.717, 1.165) is 22.2 Å². The lowest BCUT2D eigenvalue weighted by atomic mass is 10.1. The number of aromatic nitrogens is 1. The second-order valence-corrected chi connectivity index (χ2v) is 5.43. The summed E-state index contributed by atoms with van der Waals surface area (Å²) < 4.78 is 0. The summed E-state index contributed by atoms with van der Waals surface area (Å²) in [6.07, 6.45) is 2.01. The number of hydrogen-bond acceptors (Lipinski definition) is 3. The lowest BCUT2D eigenvalue weighted by Gasteiger charge is -2.09. The molecule has 0 fully saturated rings. The van der Waals surface area contributed by atoms with Crippen molar-refractivity contribution in [3.63, 3.8) is 0 Å². The summed E-state index contributed by atoms with van der Waals surface area (Å²) >= 11 is 0. The first kappa shape index (κ1) is 13.5. The highest BCUT2D eigenvalue weighted by Gasteiger charge is 2.19. The minimum absolute atomic E-state index is 0.0455. The van der Waals surface area contributed by atoms with Crippen molar-refractivity contribution in [2.45, 2.75) is 6.42 Å². The maximum absolute atomic E-state index is 12.5. The minimum Gasteiger partial charge on any atom is -0.326 e. The highest BCUT2D eigenvalue weighted by molar-refractivity contribution is 6.09. The van der Waals surface area contributed by atoms with Gasteiger partial charge in [0.05, 0.1) is 17.6 Å². The van der Waals surface area contributed by atoms with Gasteiger partial charge in [0.15, 0.2) is 0 Å². The van der Waals surface area contributed by atoms with Crippen molar-refractivity contribution in [3.8, 4) is 0 Å². The first-order valence-electron chi connectivity index (χ1n) is 7.28. The molecule has 0 bridgehead atoms. The average molecular weight is 303 g/mol. The Morgan fingerprint density at radius 3 is 2.91 bits per heavy atom. The Hall–Kier alpha value is -3.21. The van der Waals surface area contributed by atoms with Crippen LogP contribution in [-0.4, -0.2) is 16.8 Å². The Labute approximate surface area is 132 Å². The van der Waals surface area contributed by atoms with Crippen LogP contribution < -0.4 is 10.6 Å². The van der Waals surface area contributed by atoms with Gasteiger partial charge in [-0.3, -0.25) is 14.6 Å². The summed E-state index contributed by atoms with van der Waals surface area (Å²) in [7, 11) is 0. The van der Waals surface area contributed by atoms with Crippen molar-refractivity contribution >= 4 is 34.1 Å². The predicted molar refractivity (Wildman–Crippen MR) is 88.5 cm³/mol. The van der Waals surface area contributed by atoms with Crippen LogP contribution in [0, 0.1) is 0 Å². The quantitative estimate of drug-likeness (QED) is 0.764. The molecule has 2 amide bonds. The fraction of sp³-hybridized carbons (Fsp3) is 0.0556. The Bertz CT molecular complexity index is 945. The van der Waals surface area contributed by atoms with Crippen LogP contribution in [0.4, 0.5) is 11.4 Å². The van der Waals surface area contributed by atoms with Gasteiger partial charge in [0.2, 0.25) is 5.91 Å². The first-order chi connectivity index (χ1) is 11.2. The second kappa shape index (κ2) is 5.21. The van der Waals surface area contributed by atoms with Crippen molar-refractivity contribution < 1.29 is 9.59 Å². The number of pyridine rings is 1. The Morgan fingerprint density at radius 1 is 1.13 bits per heavy atom. The van der Waals surface area contributed by atoms with Crippen LogP contribution in [0.3, 0.4) is 0 Å². The molecule has 1 aromatic heterocycles. The van der Waals surface area contributed by atoms with Crippen LogP contribution in [-0.2, 0) is 11.2 Å². The molecule has 2 heterocycles. The molecular formula is C18H13N3O2. The number of rotatable bonds is 2. The largest absolute Gasteiger partial charge is 0.326 e. The zero-order chi connectivity index (χ0) is 15.8. The number of carbonyl (C=O) groups excluding carboxylic acids is 2. The number of anilines is 2. The second-order valence-electron chi connectivity index (χ2n) is 5.43. The number of hydrogen-bond donors (Lipinski definition) is 2. The van der Waals surface area contributed by atoms with Crippen LogP contribution in [0.25, 0.3) is 10.9 Å². The molecule has 0 atom stereocenters. The van der Waals surface area contributed by atoms with Crippen LogP contribution in [0.15, 0.2) is 54.7 Å². The van der Waals surface area contributed by atoms with Crippen molar-refractivity contribution in [3.05, 3.63) is 65.9 Å². The molecule has 5 nitrogen and oxygen atoms in total. The molecule has 3 aromatic rings. The smallest absolute Gasteiger partial charge is 0.255 e. The zero-order valence-corrected chi connectivity index (χ0v) is 12.2. The van der Waals surface area contributed by atoms with Gasteiger partial charge in [-0.25, -0.2) is 0 Å². The fourth-order valence-electron chi connectivity index (χ4n) is 2.77. The third-order valence-electron chi connectivity index (χ3n) is 3.87. The van der Waals surface area contributed by atoms with Gasteiger partial charge in [0.25, 0.3) is 5.91 Å². The molecule has 1 aliphatic rings. The summed E-state index contributed by atoms with van der Waals surface area (Å²) in [6.45, 7) is 0. The molecule has 2 N–H and O–H groups in total. The molecule has 0 spiro atoms. The van der Waals surface area contributed by atoms with E-state index >= 15 is 0 Å². The van der Waals surface area contributed by atoms with Gasteiger partial charge in [-0.05, 0) is 35.9 Å². The highest BCUT2D eigenvalue weighted by Crippen LogP contribution is 2.25. The van der Waals surface area contributed by atoms with Crippen LogP contribution in [0.1, 0.15) is 15.9 Å². The van der Waals surface area contributed by atoms with Gasteiger partial charge in [-0.1, -0.05) is 18.2 Å². The molecule has 112 valence electrons. The Kier molecular flexibility index (Phi) is 3.05. The van der Waals surface area contributed by atoms with Crippen molar-refractivity contribution in [1.29, 1.82) is 0 Å². The van der Waals surface area contributed by atoms with Crippen molar-refractivity contribution in [2.75, 3.05) is 10.6 Å². The maximum Gasteiger partial charge on any atom is 0.255 e. The number of amides is 2. The Balaban J connectivity index is 1.65. The zero-order valence-electron chi connectivity index (χ0n) is 12.2. The number of para-hydroxylation sites is 1. The number of nitrogens with zero attached hydrogens (tertiary/aromatic N) is 1. The summed E-state index contributed by atoms with van der Waals surface area (Å²) in [5.74, 6) is -0.263. The molecule has 1 aliphatic heterocycles. The molecule has 2 aromatic carbocycles. The van der Waals surface area contributed by atoms with Gasteiger partial charge >= 0.3 is 0 Å². The maximum atomic E-state index is 12.5. The molecule has 4 rings (SSSR count). The monoisotopic (exact) mass is 303 g/mol. The van der Waals surface area contributed by atoms with E-state index in [1.165, 1.54) is 0 Å². The van der Waals surface area contributed by atoms with Crippen LogP contribution in [0.5, 0.6) is 0 Å². The molecule has 0 unspecified atom stereocenters. The molecule has 0 aliphatic carbocycles. The molecule has 5 heteroatoms. The van der Waals surface area contributed by atoms with Crippen LogP contribution in [0.2, 0.25) is 0 Å². The Morgan fingerprint density at radius 2 is 2.00 bits per heavy atom. The lowest BCUT2D eigenvalue weighted by Crippen LogP contribution is -2.12. The first-order valence-corrected chi connectivity index (χ1v) is 7.28. The van der Waals surface area contributed by atoms with Gasteiger partial charge in [0.1, 0.15) is 0 Å². The fourth-order valence-corrected chi connectivity index (χ4v) is 2.77. The average Bonchev–Trinajstić information content (AvgIpc) is 2.94. The van der Waals surface area contributed by atoms with E-state index in [1.807, 2.05) is 30.3 Å². The van der Waals surface area contributed by atoms with E-state index in [1.54, 1.807) is 24.4 Å². The number of carbonyl (C=O) groups is 2. The topological polar surface area (TPSA) is 71.1 Å². The standard InChI is InChI=1S/C18H13N3O2/c22-16-10-13-9-12(6-7-14(13)20-16)18(23)21-15-5-1-3-11-4-2-8-19-17(11)15/h1-9H,10H2,(H,20,22)(H,21,23). The van der Waals surface area contributed by atoms with Gasteiger partial charge in [0, 0.05) is 22.8 Å². The SMILES string of the molecule is O=C1Cc2cc(C(=O)Nc3cccc4cccnc34)ccc2N1. The number of nitrogens with one attached hydrogen (secondary N) is 2. The summed E-state index contributed by atoms with van der Waals surface area (Å²) in [4.78, 5) is 28.2. The van der Waals surface area contributed by atoms with E-state index in [9.17, 15) is 9.59 Å². The van der Waals surface area contributed by atoms with E-state index in [4.69, 9.17) is 0 Å². The summed E-state index contributed by atoms with van der Waals surface area (Å²) in [5.41, 5.74) is 3.56. The third-order valence-corrected chi connectivity index (χ3v) is 3.87. The normalized spacial score (nSPS) is 12.8. The van der Waals surface area contributed by atoms with Crippen LogP contribution >= 0.6 is 0 Å². The summed E-state index contributed by atoms with van der Waals surface area (Å²) in [6, 6.07) is 14.7. The lowest BCUT2D eigenvalue weighted by molar-refractivity contribution is -0.115. The molecule has 0 radical (unpaired) electrons. The van der Waals surface area contributed by atoms with E-state index < -0.39 is 0 Å². The summed E-state index contributed by atoms with van der Waals surface area (Å²) in [5, 5.41) is 6.62. The number of benzene rings is 2. The van der Waals surface area contributed by atoms with E-state index in [-0.39, 0.29) is 11.8 Å². The van der Waals surface area contributed by atoms with Gasteiger partial charge in [-0.15, -0.1) is 0 Å². The minimum atomic E-state index is -0.217. The van der Waals surface area contributed by atoms with Crippen molar-refractivity contribution in [1.82, 2.24) is 4.98 Å². The van der Waals surface area contributed by atoms with E-state index in [2.05, 4.69) is 15.6 Å². The molecular weight excluding hydrogens is 290 g/mol. The van der Waals surface area contributed by atoms with Crippen molar-refractivity contribution in [2.24, 2.45) is 0 Å². The molecule has 0 saturated heterocycles. The highest BCUT2D eigenvalue weighted by atomic mass is 16.2.